The van der Waals surface area contributed by atoms with Crippen LogP contribution in [0.5, 0.6) is 5.75 Å². The van der Waals surface area contributed by atoms with E-state index < -0.39 is 0 Å². The number of ether oxygens (including phenoxy) is 2. The highest BCUT2D eigenvalue weighted by molar-refractivity contribution is 14.1. The van der Waals surface area contributed by atoms with Crippen LogP contribution in [0.1, 0.15) is 10.4 Å². The Labute approximate surface area is 115 Å². The van der Waals surface area contributed by atoms with Gasteiger partial charge in [0.15, 0.2) is 0 Å². The molecule has 1 aromatic carbocycles. The number of carbonyl (C=O) groups excluding carboxylic acids is 1. The molecule has 5 heteroatoms. The van der Waals surface area contributed by atoms with Crippen molar-refractivity contribution in [3.63, 3.8) is 0 Å². The van der Waals surface area contributed by atoms with Crippen LogP contribution in [0.3, 0.4) is 0 Å². The number of nitrogens with zero attached hydrogens (tertiary/aromatic N) is 1. The predicted octanol–water partition coefficient (Wildman–Crippen LogP) is 2.02. The van der Waals surface area contributed by atoms with Crippen molar-refractivity contribution >= 4 is 28.6 Å². The molecule has 0 saturated heterocycles. The van der Waals surface area contributed by atoms with E-state index in [2.05, 4.69) is 27.3 Å². The third-order valence-electron chi connectivity index (χ3n) is 2.15. The summed E-state index contributed by atoms with van der Waals surface area (Å²) in [7, 11) is 5.34. The molecule has 0 aliphatic carbocycles. The van der Waals surface area contributed by atoms with Gasteiger partial charge in [0, 0.05) is 6.54 Å². The van der Waals surface area contributed by atoms with Crippen molar-refractivity contribution in [3.05, 3.63) is 27.3 Å². The van der Waals surface area contributed by atoms with Crippen molar-refractivity contribution in [2.24, 2.45) is 0 Å². The standard InChI is InChI=1S/C12H16INO3/c1-14(2)6-7-17-11-8-9(12(15)16-3)4-5-10(11)13/h4-5,8H,6-7H2,1-3H3. The van der Waals surface area contributed by atoms with E-state index in [0.717, 1.165) is 15.9 Å². The first kappa shape index (κ1) is 14.2. The molecule has 94 valence electrons. The molecule has 0 saturated carbocycles. The number of carbonyl (C=O) groups is 1. The molecule has 0 aliphatic heterocycles. The van der Waals surface area contributed by atoms with E-state index >= 15 is 0 Å². The lowest BCUT2D eigenvalue weighted by Crippen LogP contribution is -2.19. The van der Waals surface area contributed by atoms with Gasteiger partial charge in [-0.3, -0.25) is 0 Å². The zero-order valence-corrected chi connectivity index (χ0v) is 12.4. The van der Waals surface area contributed by atoms with Crippen LogP contribution in [0.15, 0.2) is 18.2 Å². The van der Waals surface area contributed by atoms with Gasteiger partial charge in [-0.2, -0.15) is 0 Å². The maximum absolute atomic E-state index is 11.4. The van der Waals surface area contributed by atoms with E-state index in [4.69, 9.17) is 4.74 Å². The monoisotopic (exact) mass is 349 g/mol. The van der Waals surface area contributed by atoms with Gasteiger partial charge in [0.25, 0.3) is 0 Å². The number of likely N-dealkylation sites (N-methyl/N-ethyl adjacent to an activating group) is 1. The van der Waals surface area contributed by atoms with Crippen LogP contribution in [0.2, 0.25) is 0 Å². The number of hydrogen-bond donors (Lipinski definition) is 0. The molecule has 0 heterocycles. The minimum absolute atomic E-state index is 0.348. The molecule has 1 rings (SSSR count). The second-order valence-electron chi connectivity index (χ2n) is 3.79. The maximum atomic E-state index is 11.4. The van der Waals surface area contributed by atoms with Crippen molar-refractivity contribution in [3.8, 4) is 5.75 Å². The Morgan fingerprint density at radius 1 is 1.41 bits per heavy atom. The molecular formula is C12H16INO3. The van der Waals surface area contributed by atoms with Crippen LogP contribution in [0, 0.1) is 3.57 Å². The van der Waals surface area contributed by atoms with E-state index in [9.17, 15) is 4.79 Å². The fourth-order valence-corrected chi connectivity index (χ4v) is 1.69. The topological polar surface area (TPSA) is 38.8 Å². The van der Waals surface area contributed by atoms with Gasteiger partial charge < -0.3 is 14.4 Å². The Morgan fingerprint density at radius 2 is 2.12 bits per heavy atom. The first-order chi connectivity index (χ1) is 8.04. The molecule has 0 bridgehead atoms. The number of hydrogen-bond acceptors (Lipinski definition) is 4. The van der Waals surface area contributed by atoms with Gasteiger partial charge in [-0.15, -0.1) is 0 Å². The van der Waals surface area contributed by atoms with Gasteiger partial charge in [0.2, 0.25) is 0 Å². The van der Waals surface area contributed by atoms with Gasteiger partial charge in [0.05, 0.1) is 16.2 Å². The number of halogens is 1. The molecular weight excluding hydrogens is 333 g/mol. The Balaban J connectivity index is 2.73. The summed E-state index contributed by atoms with van der Waals surface area (Å²) in [4.78, 5) is 13.4. The largest absolute Gasteiger partial charge is 0.491 e. The average molecular weight is 349 g/mol. The van der Waals surface area contributed by atoms with E-state index in [-0.39, 0.29) is 5.97 Å². The summed E-state index contributed by atoms with van der Waals surface area (Å²) >= 11 is 2.18. The lowest BCUT2D eigenvalue weighted by atomic mass is 10.2. The predicted molar refractivity (Wildman–Crippen MR) is 74.5 cm³/mol. The van der Waals surface area contributed by atoms with Gasteiger partial charge in [-0.25, -0.2) is 4.79 Å². The van der Waals surface area contributed by atoms with Crippen molar-refractivity contribution in [1.29, 1.82) is 0 Å². The van der Waals surface area contributed by atoms with Gasteiger partial charge in [-0.05, 0) is 54.9 Å². The maximum Gasteiger partial charge on any atom is 0.337 e. The number of esters is 1. The normalized spacial score (nSPS) is 10.4. The van der Waals surface area contributed by atoms with Crippen LogP contribution in [0.4, 0.5) is 0 Å². The van der Waals surface area contributed by atoms with E-state index in [1.54, 1.807) is 12.1 Å². The fraction of sp³-hybridized carbons (Fsp3) is 0.417. The van der Waals surface area contributed by atoms with Crippen LogP contribution in [-0.2, 0) is 4.74 Å². The highest BCUT2D eigenvalue weighted by Crippen LogP contribution is 2.22. The minimum atomic E-state index is -0.348. The Kier molecular flexibility index (Phi) is 5.70. The van der Waals surface area contributed by atoms with Crippen molar-refractivity contribution in [2.45, 2.75) is 0 Å². The van der Waals surface area contributed by atoms with Crippen molar-refractivity contribution in [2.75, 3.05) is 34.4 Å². The quantitative estimate of drug-likeness (QED) is 0.602. The van der Waals surface area contributed by atoms with Crippen molar-refractivity contribution < 1.29 is 14.3 Å². The second-order valence-corrected chi connectivity index (χ2v) is 4.95. The molecule has 0 amide bonds. The summed E-state index contributed by atoms with van der Waals surface area (Å²) < 4.78 is 11.3. The molecule has 1 aromatic rings. The molecule has 0 N–H and O–H groups in total. The molecule has 0 atom stereocenters. The lowest BCUT2D eigenvalue weighted by molar-refractivity contribution is 0.0600. The zero-order chi connectivity index (χ0) is 12.8. The third kappa shape index (κ3) is 4.51. The number of rotatable bonds is 5. The second kappa shape index (κ2) is 6.80. The summed E-state index contributed by atoms with van der Waals surface area (Å²) in [6.45, 7) is 1.42. The van der Waals surface area contributed by atoms with Gasteiger partial charge in [-0.1, -0.05) is 0 Å². The Morgan fingerprint density at radius 3 is 2.71 bits per heavy atom. The molecule has 17 heavy (non-hydrogen) atoms. The number of benzene rings is 1. The first-order valence-corrected chi connectivity index (χ1v) is 6.28. The SMILES string of the molecule is COC(=O)c1ccc(I)c(OCCN(C)C)c1. The van der Waals surface area contributed by atoms with Crippen LogP contribution in [0.25, 0.3) is 0 Å². The summed E-state index contributed by atoms with van der Waals surface area (Å²) in [6.07, 6.45) is 0. The lowest BCUT2D eigenvalue weighted by Gasteiger charge is -2.12. The minimum Gasteiger partial charge on any atom is -0.491 e. The smallest absolute Gasteiger partial charge is 0.337 e. The first-order valence-electron chi connectivity index (χ1n) is 5.20. The molecule has 0 fully saturated rings. The molecule has 0 spiro atoms. The summed E-state index contributed by atoms with van der Waals surface area (Å²) in [6, 6.07) is 5.29. The van der Waals surface area contributed by atoms with E-state index in [1.807, 2.05) is 25.1 Å². The van der Waals surface area contributed by atoms with E-state index in [1.165, 1.54) is 7.11 Å². The zero-order valence-electron chi connectivity index (χ0n) is 10.2. The average Bonchev–Trinajstić information content (AvgIpc) is 2.30. The van der Waals surface area contributed by atoms with Gasteiger partial charge in [0.1, 0.15) is 12.4 Å². The molecule has 0 unspecified atom stereocenters. The molecule has 0 aromatic heterocycles. The third-order valence-corrected chi connectivity index (χ3v) is 3.04. The fourth-order valence-electron chi connectivity index (χ4n) is 1.20. The Bertz CT molecular complexity index is 393. The highest BCUT2D eigenvalue weighted by Gasteiger charge is 2.09. The van der Waals surface area contributed by atoms with Crippen LogP contribution < -0.4 is 4.74 Å². The molecule has 0 aliphatic rings. The highest BCUT2D eigenvalue weighted by atomic mass is 127. The number of methoxy groups -OCH3 is 1. The summed E-state index contributed by atoms with van der Waals surface area (Å²) in [5.74, 6) is 0.370. The van der Waals surface area contributed by atoms with Crippen LogP contribution >= 0.6 is 22.6 Å². The van der Waals surface area contributed by atoms with Crippen molar-refractivity contribution in [1.82, 2.24) is 4.90 Å². The Hall–Kier alpha value is -0.820. The van der Waals surface area contributed by atoms with Gasteiger partial charge >= 0.3 is 5.97 Å². The molecule has 0 radical (unpaired) electrons. The summed E-state index contributed by atoms with van der Waals surface area (Å²) in [5.41, 5.74) is 0.507. The molecule has 4 nitrogen and oxygen atoms in total. The van der Waals surface area contributed by atoms with E-state index in [0.29, 0.717) is 12.2 Å². The van der Waals surface area contributed by atoms with Crippen LogP contribution in [-0.4, -0.2) is 45.2 Å². The summed E-state index contributed by atoms with van der Waals surface area (Å²) in [5, 5.41) is 0.